The highest BCUT2D eigenvalue weighted by atomic mass is 79.9. The van der Waals surface area contributed by atoms with Crippen LogP contribution in [-0.2, 0) is 4.74 Å². The Morgan fingerprint density at radius 1 is 1.65 bits per heavy atom. The van der Waals surface area contributed by atoms with Crippen LogP contribution in [0.4, 0.5) is 0 Å². The number of hydrogen-bond acceptors (Lipinski definition) is 4. The second-order valence-corrected chi connectivity index (χ2v) is 6.86. The van der Waals surface area contributed by atoms with Crippen molar-refractivity contribution in [1.29, 1.82) is 0 Å². The van der Waals surface area contributed by atoms with Crippen molar-refractivity contribution in [3.8, 4) is 0 Å². The minimum atomic E-state index is -0.0693. The van der Waals surface area contributed by atoms with E-state index in [0.717, 1.165) is 24.2 Å². The summed E-state index contributed by atoms with van der Waals surface area (Å²) in [4.78, 5) is 3.76. The lowest BCUT2D eigenvalue weighted by molar-refractivity contribution is -0.0964. The van der Waals surface area contributed by atoms with Gasteiger partial charge in [-0.3, -0.25) is 4.90 Å². The van der Waals surface area contributed by atoms with Crippen LogP contribution in [0, 0.1) is 0 Å². The first-order chi connectivity index (χ1) is 8.02. The minimum absolute atomic E-state index is 0.0693. The number of thiophene rings is 1. The van der Waals surface area contributed by atoms with Gasteiger partial charge in [-0.25, -0.2) is 0 Å². The molecule has 5 heteroatoms. The Morgan fingerprint density at radius 3 is 2.94 bits per heavy atom. The van der Waals surface area contributed by atoms with Gasteiger partial charge < -0.3 is 10.5 Å². The van der Waals surface area contributed by atoms with Gasteiger partial charge in [-0.2, -0.15) is 0 Å². The van der Waals surface area contributed by atoms with Gasteiger partial charge in [-0.15, -0.1) is 11.3 Å². The number of hydrogen-bond donors (Lipinski definition) is 1. The second kappa shape index (κ2) is 5.36. The largest absolute Gasteiger partial charge is 0.373 e. The molecule has 17 heavy (non-hydrogen) atoms. The van der Waals surface area contributed by atoms with Crippen molar-refractivity contribution in [2.45, 2.75) is 25.5 Å². The summed E-state index contributed by atoms with van der Waals surface area (Å²) in [5.41, 5.74) is 5.87. The molecule has 0 saturated carbocycles. The van der Waals surface area contributed by atoms with E-state index in [1.165, 1.54) is 4.88 Å². The van der Waals surface area contributed by atoms with E-state index >= 15 is 0 Å². The highest BCUT2D eigenvalue weighted by Gasteiger charge is 2.31. The van der Waals surface area contributed by atoms with Gasteiger partial charge in [0.1, 0.15) is 0 Å². The van der Waals surface area contributed by atoms with Crippen LogP contribution in [0.3, 0.4) is 0 Å². The van der Waals surface area contributed by atoms with Crippen molar-refractivity contribution >= 4 is 27.3 Å². The summed E-state index contributed by atoms with van der Waals surface area (Å²) in [6.45, 7) is 7.61. The number of rotatable bonds is 3. The summed E-state index contributed by atoms with van der Waals surface area (Å²) < 4.78 is 6.89. The molecular weight excluding hydrogens is 300 g/mol. The molecule has 1 unspecified atom stereocenters. The SMILES string of the molecule is CC1(C)CN(C(CN)c2cc(Br)cs2)CCO1. The molecule has 96 valence electrons. The maximum atomic E-state index is 5.94. The number of nitrogens with zero attached hydrogens (tertiary/aromatic N) is 1. The van der Waals surface area contributed by atoms with Gasteiger partial charge >= 0.3 is 0 Å². The van der Waals surface area contributed by atoms with Crippen molar-refractivity contribution < 1.29 is 4.74 Å². The molecule has 3 nitrogen and oxygen atoms in total. The van der Waals surface area contributed by atoms with E-state index < -0.39 is 0 Å². The average molecular weight is 319 g/mol. The molecule has 1 aromatic rings. The first-order valence-electron chi connectivity index (χ1n) is 5.84. The van der Waals surface area contributed by atoms with E-state index in [0.29, 0.717) is 12.6 Å². The van der Waals surface area contributed by atoms with E-state index in [9.17, 15) is 0 Å². The van der Waals surface area contributed by atoms with E-state index in [1.54, 1.807) is 11.3 Å². The summed E-state index contributed by atoms with van der Waals surface area (Å²) in [5, 5.41) is 2.11. The summed E-state index contributed by atoms with van der Waals surface area (Å²) >= 11 is 5.27. The molecule has 0 aromatic carbocycles. The van der Waals surface area contributed by atoms with E-state index in [4.69, 9.17) is 10.5 Å². The summed E-state index contributed by atoms with van der Waals surface area (Å²) in [7, 11) is 0. The van der Waals surface area contributed by atoms with Crippen molar-refractivity contribution in [3.05, 3.63) is 20.8 Å². The third kappa shape index (κ3) is 3.29. The quantitative estimate of drug-likeness (QED) is 0.931. The highest BCUT2D eigenvalue weighted by molar-refractivity contribution is 9.10. The maximum Gasteiger partial charge on any atom is 0.0753 e. The zero-order valence-electron chi connectivity index (χ0n) is 10.3. The zero-order valence-corrected chi connectivity index (χ0v) is 12.7. The van der Waals surface area contributed by atoms with Crippen LogP contribution >= 0.6 is 27.3 Å². The van der Waals surface area contributed by atoms with Gasteiger partial charge in [-0.1, -0.05) is 0 Å². The average Bonchev–Trinajstić information content (AvgIpc) is 2.64. The predicted octanol–water partition coefficient (Wildman–Crippen LogP) is 2.62. The molecule has 2 N–H and O–H groups in total. The van der Waals surface area contributed by atoms with E-state index in [2.05, 4.69) is 46.1 Å². The number of nitrogens with two attached hydrogens (primary N) is 1. The van der Waals surface area contributed by atoms with Crippen LogP contribution in [0.25, 0.3) is 0 Å². The Balaban J connectivity index is 2.13. The number of morpholine rings is 1. The van der Waals surface area contributed by atoms with Crippen LogP contribution in [-0.4, -0.2) is 36.7 Å². The smallest absolute Gasteiger partial charge is 0.0753 e. The molecule has 0 bridgehead atoms. The maximum absolute atomic E-state index is 5.94. The second-order valence-electron chi connectivity index (χ2n) is 5.00. The van der Waals surface area contributed by atoms with Gasteiger partial charge in [0.15, 0.2) is 0 Å². The summed E-state index contributed by atoms with van der Waals surface area (Å²) in [6, 6.07) is 2.49. The minimum Gasteiger partial charge on any atom is -0.373 e. The molecule has 1 aromatic heterocycles. The fourth-order valence-electron chi connectivity index (χ4n) is 2.27. The lowest BCUT2D eigenvalue weighted by Crippen LogP contribution is -2.50. The molecular formula is C12H19BrN2OS. The van der Waals surface area contributed by atoms with Crippen LogP contribution < -0.4 is 5.73 Å². The third-order valence-corrected chi connectivity index (χ3v) is 4.83. The highest BCUT2D eigenvalue weighted by Crippen LogP contribution is 2.31. The van der Waals surface area contributed by atoms with E-state index in [-0.39, 0.29) is 5.60 Å². The summed E-state index contributed by atoms with van der Waals surface area (Å²) in [5.74, 6) is 0. The zero-order chi connectivity index (χ0) is 12.5. The topological polar surface area (TPSA) is 38.5 Å². The van der Waals surface area contributed by atoms with Gasteiger partial charge in [0.2, 0.25) is 0 Å². The van der Waals surface area contributed by atoms with Crippen molar-refractivity contribution in [2.24, 2.45) is 5.73 Å². The van der Waals surface area contributed by atoms with Crippen molar-refractivity contribution in [3.63, 3.8) is 0 Å². The molecule has 0 radical (unpaired) electrons. The molecule has 1 aliphatic heterocycles. The fourth-order valence-corrected chi connectivity index (χ4v) is 3.86. The first-order valence-corrected chi connectivity index (χ1v) is 7.51. The van der Waals surface area contributed by atoms with Gasteiger partial charge in [0.05, 0.1) is 18.2 Å². The lowest BCUT2D eigenvalue weighted by atomic mass is 10.0. The fraction of sp³-hybridized carbons (Fsp3) is 0.667. The monoisotopic (exact) mass is 318 g/mol. The van der Waals surface area contributed by atoms with E-state index in [1.807, 2.05) is 0 Å². The molecule has 2 rings (SSSR count). The number of halogens is 1. The number of ether oxygens (including phenoxy) is 1. The van der Waals surface area contributed by atoms with Crippen LogP contribution in [0.2, 0.25) is 0 Å². The Hall–Kier alpha value is 0.0600. The molecule has 2 heterocycles. The standard InChI is InChI=1S/C12H19BrN2OS/c1-12(2)8-15(3-4-16-12)10(6-14)11-5-9(13)7-17-11/h5,7,10H,3-4,6,8,14H2,1-2H3. The normalized spacial score (nSPS) is 22.6. The van der Waals surface area contributed by atoms with Crippen LogP contribution in [0.1, 0.15) is 24.8 Å². The molecule has 1 atom stereocenters. The molecule has 1 aliphatic rings. The van der Waals surface area contributed by atoms with Gasteiger partial charge in [0, 0.05) is 34.4 Å². The molecule has 0 amide bonds. The molecule has 1 fully saturated rings. The van der Waals surface area contributed by atoms with Crippen LogP contribution in [0.5, 0.6) is 0 Å². The van der Waals surface area contributed by atoms with Gasteiger partial charge in [-0.05, 0) is 35.8 Å². The van der Waals surface area contributed by atoms with Crippen molar-refractivity contribution in [1.82, 2.24) is 4.90 Å². The molecule has 1 saturated heterocycles. The molecule has 0 spiro atoms. The predicted molar refractivity (Wildman–Crippen MR) is 75.4 cm³/mol. The van der Waals surface area contributed by atoms with Crippen LogP contribution in [0.15, 0.2) is 15.9 Å². The molecule has 0 aliphatic carbocycles. The van der Waals surface area contributed by atoms with Crippen molar-refractivity contribution in [2.75, 3.05) is 26.2 Å². The Bertz CT molecular complexity index is 380. The third-order valence-electron chi connectivity index (χ3n) is 3.04. The first kappa shape index (κ1) is 13.5. The summed E-state index contributed by atoms with van der Waals surface area (Å²) in [6.07, 6.45) is 0. The van der Waals surface area contributed by atoms with Gasteiger partial charge in [0.25, 0.3) is 0 Å². The lowest BCUT2D eigenvalue weighted by Gasteiger charge is -2.41. The Labute approximate surface area is 115 Å². The Kier molecular flexibility index (Phi) is 4.26. The Morgan fingerprint density at radius 2 is 2.41 bits per heavy atom.